The number of hydrogen-bond acceptors (Lipinski definition) is 4. The average Bonchev–Trinajstić information content (AvgIpc) is 2.52. The zero-order chi connectivity index (χ0) is 15.6. The third-order valence-electron chi connectivity index (χ3n) is 3.55. The van der Waals surface area contributed by atoms with Gasteiger partial charge >= 0.3 is 0 Å². The number of methoxy groups -OCH3 is 2. The van der Waals surface area contributed by atoms with Gasteiger partial charge in [0.15, 0.2) is 11.9 Å². The predicted molar refractivity (Wildman–Crippen MR) is 78.4 cm³/mol. The molecule has 0 aliphatic carbocycles. The molecule has 1 aromatic carbocycles. The Kier molecular flexibility index (Phi) is 4.26. The van der Waals surface area contributed by atoms with Gasteiger partial charge in [0.2, 0.25) is 0 Å². The number of ether oxygens (including phenoxy) is 2. The second-order valence-electron chi connectivity index (χ2n) is 4.67. The molecule has 110 valence electrons. The van der Waals surface area contributed by atoms with E-state index in [1.54, 1.807) is 38.3 Å². The number of ketones is 1. The standard InChI is InChI=1S/C16H17NO4/c1-5-10(2)14(18)13-15(21-4)16(19)17(13)11-6-8-12(20-3)9-7-11/h6-9,13,15H,1H2,2-4H3/t13-,15+/m0/s1. The molecule has 1 amide bonds. The first-order chi connectivity index (χ1) is 10.0. The van der Waals surface area contributed by atoms with E-state index in [-0.39, 0.29) is 11.7 Å². The van der Waals surface area contributed by atoms with Gasteiger partial charge in [0.25, 0.3) is 5.91 Å². The Morgan fingerprint density at radius 3 is 2.38 bits per heavy atom. The van der Waals surface area contributed by atoms with Gasteiger partial charge in [0.05, 0.1) is 7.11 Å². The molecule has 0 N–H and O–H groups in total. The summed E-state index contributed by atoms with van der Waals surface area (Å²) in [5, 5.41) is 0. The highest BCUT2D eigenvalue weighted by molar-refractivity contribution is 6.17. The monoisotopic (exact) mass is 287 g/mol. The summed E-state index contributed by atoms with van der Waals surface area (Å²) in [6.07, 6.45) is -0.761. The molecule has 0 saturated carbocycles. The van der Waals surface area contributed by atoms with Crippen LogP contribution < -0.4 is 9.64 Å². The number of Topliss-reactive ketones (excluding diaryl/α,β-unsaturated/α-hetero) is 1. The lowest BCUT2D eigenvalue weighted by atomic mass is 9.89. The largest absolute Gasteiger partial charge is 0.497 e. The van der Waals surface area contributed by atoms with E-state index in [2.05, 4.69) is 12.3 Å². The van der Waals surface area contributed by atoms with Crippen molar-refractivity contribution in [3.63, 3.8) is 0 Å². The van der Waals surface area contributed by atoms with E-state index in [0.29, 0.717) is 17.0 Å². The molecule has 1 fully saturated rings. The van der Waals surface area contributed by atoms with Gasteiger partial charge in [-0.2, -0.15) is 0 Å². The second kappa shape index (κ2) is 5.95. The average molecular weight is 287 g/mol. The van der Waals surface area contributed by atoms with Crippen LogP contribution >= 0.6 is 0 Å². The molecule has 5 nitrogen and oxygen atoms in total. The van der Waals surface area contributed by atoms with Gasteiger partial charge in [-0.3, -0.25) is 14.5 Å². The van der Waals surface area contributed by atoms with Gasteiger partial charge in [-0.15, -0.1) is 5.73 Å². The molecular weight excluding hydrogens is 270 g/mol. The van der Waals surface area contributed by atoms with E-state index in [9.17, 15) is 9.59 Å². The molecule has 0 radical (unpaired) electrons. The van der Waals surface area contributed by atoms with Gasteiger partial charge < -0.3 is 9.47 Å². The van der Waals surface area contributed by atoms with E-state index >= 15 is 0 Å². The molecule has 0 spiro atoms. The second-order valence-corrected chi connectivity index (χ2v) is 4.67. The van der Waals surface area contributed by atoms with Gasteiger partial charge in [-0.1, -0.05) is 6.58 Å². The lowest BCUT2D eigenvalue weighted by Gasteiger charge is -2.44. The van der Waals surface area contributed by atoms with Crippen LogP contribution in [-0.2, 0) is 14.3 Å². The number of anilines is 1. The van der Waals surface area contributed by atoms with Crippen LogP contribution in [0.15, 0.2) is 42.1 Å². The molecule has 1 aliphatic heterocycles. The first-order valence-corrected chi connectivity index (χ1v) is 6.46. The highest BCUT2D eigenvalue weighted by atomic mass is 16.5. The molecule has 2 rings (SSSR count). The smallest absolute Gasteiger partial charge is 0.259 e. The summed E-state index contributed by atoms with van der Waals surface area (Å²) in [6.45, 7) is 5.09. The van der Waals surface area contributed by atoms with Crippen LogP contribution in [0.25, 0.3) is 0 Å². The normalized spacial score (nSPS) is 20.5. The highest BCUT2D eigenvalue weighted by Crippen LogP contribution is 2.32. The zero-order valence-corrected chi connectivity index (χ0v) is 12.3. The number of β-lactam (4-membered cyclic amide) rings is 1. The first-order valence-electron chi connectivity index (χ1n) is 6.46. The summed E-state index contributed by atoms with van der Waals surface area (Å²) < 4.78 is 10.2. The molecule has 0 unspecified atom stereocenters. The van der Waals surface area contributed by atoms with Crippen molar-refractivity contribution in [1.29, 1.82) is 0 Å². The highest BCUT2D eigenvalue weighted by Gasteiger charge is 2.52. The van der Waals surface area contributed by atoms with Crippen molar-refractivity contribution in [2.75, 3.05) is 19.1 Å². The Labute approximate surface area is 123 Å². The fraction of sp³-hybridized carbons (Fsp3) is 0.312. The van der Waals surface area contributed by atoms with Crippen LogP contribution in [0.1, 0.15) is 6.92 Å². The quantitative estimate of drug-likeness (QED) is 0.470. The summed E-state index contributed by atoms with van der Waals surface area (Å²) in [5.41, 5.74) is 3.58. The van der Waals surface area contributed by atoms with Crippen LogP contribution in [0.2, 0.25) is 0 Å². The maximum absolute atomic E-state index is 12.3. The number of nitrogens with zero attached hydrogens (tertiary/aromatic N) is 1. The van der Waals surface area contributed by atoms with Gasteiger partial charge in [-0.25, -0.2) is 0 Å². The summed E-state index contributed by atoms with van der Waals surface area (Å²) >= 11 is 0. The topological polar surface area (TPSA) is 55.8 Å². The van der Waals surface area contributed by atoms with Crippen LogP contribution in [0.5, 0.6) is 5.75 Å². The Hall–Kier alpha value is -2.36. The van der Waals surface area contributed by atoms with Crippen LogP contribution in [0.3, 0.4) is 0 Å². The Morgan fingerprint density at radius 2 is 1.90 bits per heavy atom. The third kappa shape index (κ3) is 2.49. The number of hydrogen-bond donors (Lipinski definition) is 0. The molecule has 2 atom stereocenters. The van der Waals surface area contributed by atoms with Gasteiger partial charge in [-0.05, 0) is 31.2 Å². The summed E-state index contributed by atoms with van der Waals surface area (Å²) in [6, 6.07) is 6.26. The van der Waals surface area contributed by atoms with Crippen LogP contribution in [0.4, 0.5) is 5.69 Å². The first kappa shape index (κ1) is 15.0. The molecule has 1 saturated heterocycles. The zero-order valence-electron chi connectivity index (χ0n) is 12.3. The number of amides is 1. The van der Waals surface area contributed by atoms with Gasteiger partial charge in [0, 0.05) is 18.4 Å². The third-order valence-corrected chi connectivity index (χ3v) is 3.55. The van der Waals surface area contributed by atoms with E-state index in [1.165, 1.54) is 12.0 Å². The number of carbonyl (C=O) groups is 2. The number of carbonyl (C=O) groups excluding carboxylic acids is 2. The molecular formula is C16H17NO4. The fourth-order valence-corrected chi connectivity index (χ4v) is 2.29. The molecule has 0 bridgehead atoms. The van der Waals surface area contributed by atoms with E-state index in [0.717, 1.165) is 0 Å². The van der Waals surface area contributed by atoms with Gasteiger partial charge in [0.1, 0.15) is 11.8 Å². The Balaban J connectivity index is 2.33. The van der Waals surface area contributed by atoms with Crippen molar-refractivity contribution in [2.45, 2.75) is 19.1 Å². The van der Waals surface area contributed by atoms with Crippen molar-refractivity contribution in [3.8, 4) is 5.75 Å². The minimum absolute atomic E-state index is 0.215. The Morgan fingerprint density at radius 1 is 1.29 bits per heavy atom. The van der Waals surface area contributed by atoms with E-state index < -0.39 is 12.1 Å². The summed E-state index contributed by atoms with van der Waals surface area (Å²) in [7, 11) is 2.98. The van der Waals surface area contributed by atoms with Crippen LogP contribution in [0, 0.1) is 0 Å². The number of benzene rings is 1. The molecule has 5 heteroatoms. The molecule has 1 heterocycles. The minimum Gasteiger partial charge on any atom is -0.497 e. The molecule has 21 heavy (non-hydrogen) atoms. The SMILES string of the molecule is C=C=C(C)C(=O)[C@H]1[C@@H](OC)C(=O)N1c1ccc(OC)cc1. The van der Waals surface area contributed by atoms with Crippen molar-refractivity contribution in [2.24, 2.45) is 0 Å². The van der Waals surface area contributed by atoms with Crippen LogP contribution in [-0.4, -0.2) is 38.1 Å². The maximum Gasteiger partial charge on any atom is 0.259 e. The molecule has 0 aromatic heterocycles. The van der Waals surface area contributed by atoms with Crippen molar-refractivity contribution in [3.05, 3.63) is 42.1 Å². The van der Waals surface area contributed by atoms with Crippen molar-refractivity contribution >= 4 is 17.4 Å². The van der Waals surface area contributed by atoms with Crippen molar-refractivity contribution < 1.29 is 19.1 Å². The summed E-state index contributed by atoms with van der Waals surface area (Å²) in [4.78, 5) is 25.9. The number of rotatable bonds is 5. The van der Waals surface area contributed by atoms with E-state index in [1.807, 2.05) is 0 Å². The Bertz CT molecular complexity index is 614. The fourth-order valence-electron chi connectivity index (χ4n) is 2.29. The van der Waals surface area contributed by atoms with Crippen molar-refractivity contribution in [1.82, 2.24) is 0 Å². The van der Waals surface area contributed by atoms with E-state index in [4.69, 9.17) is 9.47 Å². The lowest BCUT2D eigenvalue weighted by molar-refractivity contribution is -0.145. The summed E-state index contributed by atoms with van der Waals surface area (Å²) in [5.74, 6) is 0.227. The molecule has 1 aliphatic rings. The predicted octanol–water partition coefficient (Wildman–Crippen LogP) is 1.73. The lowest BCUT2D eigenvalue weighted by Crippen LogP contribution is -2.69. The minimum atomic E-state index is -0.761. The molecule has 1 aromatic rings. The maximum atomic E-state index is 12.3.